The molecule has 2 fully saturated rings. The number of pyridine rings is 1. The van der Waals surface area contributed by atoms with Crippen molar-refractivity contribution in [2.75, 3.05) is 13.1 Å². The van der Waals surface area contributed by atoms with E-state index in [0.717, 1.165) is 35.1 Å². The number of hydrogen-bond acceptors (Lipinski definition) is 6. The SMILES string of the molecule is Cc1ccc2[nH]c(=O)c(C(c3nnnn3C3CCCCC3)N3CCC(O)CC3)cc2c1. The van der Waals surface area contributed by atoms with E-state index in [9.17, 15) is 9.90 Å². The molecule has 0 radical (unpaired) electrons. The summed E-state index contributed by atoms with van der Waals surface area (Å²) < 4.78 is 1.97. The van der Waals surface area contributed by atoms with Crippen molar-refractivity contribution < 1.29 is 5.11 Å². The van der Waals surface area contributed by atoms with Gasteiger partial charge in [0, 0.05) is 24.2 Å². The summed E-state index contributed by atoms with van der Waals surface area (Å²) in [5, 5.41) is 23.9. The molecule has 5 rings (SSSR count). The van der Waals surface area contributed by atoms with Crippen molar-refractivity contribution in [1.29, 1.82) is 0 Å². The molecule has 3 aromatic rings. The summed E-state index contributed by atoms with van der Waals surface area (Å²) in [5.74, 6) is 0.737. The fraction of sp³-hybridized carbons (Fsp3) is 0.565. The third-order valence-electron chi connectivity index (χ3n) is 6.87. The van der Waals surface area contributed by atoms with Gasteiger partial charge in [-0.3, -0.25) is 9.69 Å². The van der Waals surface area contributed by atoms with Gasteiger partial charge in [0.1, 0.15) is 6.04 Å². The highest BCUT2D eigenvalue weighted by Crippen LogP contribution is 2.34. The van der Waals surface area contributed by atoms with Crippen LogP contribution in [0.1, 0.15) is 74.0 Å². The van der Waals surface area contributed by atoms with Crippen LogP contribution in [-0.2, 0) is 0 Å². The Hall–Kier alpha value is -2.58. The van der Waals surface area contributed by atoms with Crippen molar-refractivity contribution in [1.82, 2.24) is 30.1 Å². The summed E-state index contributed by atoms with van der Waals surface area (Å²) in [6.45, 7) is 3.46. The van der Waals surface area contributed by atoms with Gasteiger partial charge in [-0.25, -0.2) is 4.68 Å². The maximum absolute atomic E-state index is 13.2. The highest BCUT2D eigenvalue weighted by atomic mass is 16.3. The Morgan fingerprint density at radius 2 is 1.87 bits per heavy atom. The van der Waals surface area contributed by atoms with Crippen molar-refractivity contribution in [3.05, 3.63) is 51.6 Å². The Labute approximate surface area is 181 Å². The molecule has 2 aliphatic rings. The van der Waals surface area contributed by atoms with Crippen LogP contribution in [-0.4, -0.2) is 54.4 Å². The minimum Gasteiger partial charge on any atom is -0.393 e. The molecule has 1 aromatic carbocycles. The number of fused-ring (bicyclic) bond motifs is 1. The molecule has 1 aliphatic carbocycles. The molecule has 1 aliphatic heterocycles. The van der Waals surface area contributed by atoms with Crippen LogP contribution < -0.4 is 5.56 Å². The largest absolute Gasteiger partial charge is 0.393 e. The van der Waals surface area contributed by atoms with E-state index in [0.29, 0.717) is 31.5 Å². The second-order valence-corrected chi connectivity index (χ2v) is 9.09. The monoisotopic (exact) mass is 422 g/mol. The van der Waals surface area contributed by atoms with Crippen LogP contribution in [0.5, 0.6) is 0 Å². The maximum Gasteiger partial charge on any atom is 0.253 e. The fourth-order valence-corrected chi connectivity index (χ4v) is 5.16. The highest BCUT2D eigenvalue weighted by molar-refractivity contribution is 5.79. The Bertz CT molecular complexity index is 1110. The molecule has 2 N–H and O–H groups in total. The molecular weight excluding hydrogens is 392 g/mol. The number of nitrogens with one attached hydrogen (secondary N) is 1. The number of likely N-dealkylation sites (tertiary alicyclic amines) is 1. The molecule has 1 saturated carbocycles. The zero-order chi connectivity index (χ0) is 21.4. The summed E-state index contributed by atoms with van der Waals surface area (Å²) in [7, 11) is 0. The van der Waals surface area contributed by atoms with Gasteiger partial charge in [-0.1, -0.05) is 30.9 Å². The minimum atomic E-state index is -0.335. The lowest BCUT2D eigenvalue weighted by Gasteiger charge is -2.36. The summed E-state index contributed by atoms with van der Waals surface area (Å²) in [6.07, 6.45) is 6.83. The van der Waals surface area contributed by atoms with Gasteiger partial charge in [0.2, 0.25) is 0 Å². The van der Waals surface area contributed by atoms with E-state index < -0.39 is 0 Å². The van der Waals surface area contributed by atoms with Crippen LogP contribution in [0.3, 0.4) is 0 Å². The first-order valence-corrected chi connectivity index (χ1v) is 11.4. The van der Waals surface area contributed by atoms with Gasteiger partial charge in [-0.05, 0) is 66.6 Å². The average Bonchev–Trinajstić information content (AvgIpc) is 3.26. The zero-order valence-corrected chi connectivity index (χ0v) is 18.0. The number of aromatic nitrogens is 5. The zero-order valence-electron chi connectivity index (χ0n) is 18.0. The minimum absolute atomic E-state index is 0.106. The molecule has 2 aromatic heterocycles. The number of tetrazole rings is 1. The Morgan fingerprint density at radius 1 is 1.10 bits per heavy atom. The molecule has 8 heteroatoms. The first kappa shape index (κ1) is 20.3. The van der Waals surface area contributed by atoms with Gasteiger partial charge in [-0.15, -0.1) is 5.10 Å². The topological polar surface area (TPSA) is 99.9 Å². The number of aliphatic hydroxyl groups is 1. The van der Waals surface area contributed by atoms with Gasteiger partial charge in [0.15, 0.2) is 5.82 Å². The lowest BCUT2D eigenvalue weighted by molar-refractivity contribution is 0.0651. The second-order valence-electron chi connectivity index (χ2n) is 9.09. The van der Waals surface area contributed by atoms with Crippen molar-refractivity contribution in [2.45, 2.75) is 70.1 Å². The van der Waals surface area contributed by atoms with Crippen molar-refractivity contribution in [3.8, 4) is 0 Å². The van der Waals surface area contributed by atoms with E-state index >= 15 is 0 Å². The fourth-order valence-electron chi connectivity index (χ4n) is 5.16. The maximum atomic E-state index is 13.2. The van der Waals surface area contributed by atoms with Crippen LogP contribution in [0, 0.1) is 6.92 Å². The molecular formula is C23H30N6O2. The van der Waals surface area contributed by atoms with E-state index in [1.54, 1.807) is 0 Å². The predicted molar refractivity (Wildman–Crippen MR) is 118 cm³/mol. The second kappa shape index (κ2) is 8.51. The van der Waals surface area contributed by atoms with Gasteiger partial charge < -0.3 is 10.1 Å². The number of aromatic amines is 1. The Kier molecular flexibility index (Phi) is 5.58. The average molecular weight is 423 g/mol. The molecule has 164 valence electrons. The third-order valence-corrected chi connectivity index (χ3v) is 6.87. The van der Waals surface area contributed by atoms with Crippen molar-refractivity contribution in [3.63, 3.8) is 0 Å². The summed E-state index contributed by atoms with van der Waals surface area (Å²) in [6, 6.07) is 7.99. The molecule has 0 bridgehead atoms. The van der Waals surface area contributed by atoms with Crippen LogP contribution in [0.2, 0.25) is 0 Å². The lowest BCUT2D eigenvalue weighted by atomic mass is 9.94. The number of piperidine rings is 1. The number of aryl methyl sites for hydroxylation is 1. The van der Waals surface area contributed by atoms with Gasteiger partial charge >= 0.3 is 0 Å². The molecule has 1 atom stereocenters. The van der Waals surface area contributed by atoms with Gasteiger partial charge in [-0.2, -0.15) is 0 Å². The van der Waals surface area contributed by atoms with Crippen molar-refractivity contribution in [2.24, 2.45) is 0 Å². The van der Waals surface area contributed by atoms with Crippen LogP contribution in [0.25, 0.3) is 10.9 Å². The predicted octanol–water partition coefficient (Wildman–Crippen LogP) is 2.87. The smallest absolute Gasteiger partial charge is 0.253 e. The molecule has 1 unspecified atom stereocenters. The molecule has 0 spiro atoms. The van der Waals surface area contributed by atoms with Gasteiger partial charge in [0.05, 0.1) is 12.1 Å². The number of hydrogen-bond donors (Lipinski definition) is 2. The molecule has 0 amide bonds. The number of benzene rings is 1. The highest BCUT2D eigenvalue weighted by Gasteiger charge is 2.34. The molecule has 8 nitrogen and oxygen atoms in total. The van der Waals surface area contributed by atoms with E-state index in [4.69, 9.17) is 0 Å². The van der Waals surface area contributed by atoms with Crippen LogP contribution >= 0.6 is 0 Å². The summed E-state index contributed by atoms with van der Waals surface area (Å²) in [5.41, 5.74) is 2.54. The molecule has 1 saturated heterocycles. The Morgan fingerprint density at radius 3 is 2.65 bits per heavy atom. The van der Waals surface area contributed by atoms with E-state index in [-0.39, 0.29) is 23.7 Å². The lowest BCUT2D eigenvalue weighted by Crippen LogP contribution is -2.42. The first-order valence-electron chi connectivity index (χ1n) is 11.4. The normalized spacial score (nSPS) is 20.3. The standard InChI is InChI=1S/C23H30N6O2/c1-15-7-8-20-16(13-15)14-19(23(31)24-20)21(28-11-9-18(30)10-12-28)22-25-26-27-29(22)17-5-3-2-4-6-17/h7-8,13-14,17-18,21,30H,2-6,9-12H2,1H3,(H,24,31). The van der Waals surface area contributed by atoms with Crippen LogP contribution in [0.4, 0.5) is 0 Å². The van der Waals surface area contributed by atoms with E-state index in [1.807, 2.05) is 22.9 Å². The molecule has 31 heavy (non-hydrogen) atoms. The number of nitrogens with zero attached hydrogens (tertiary/aromatic N) is 5. The summed E-state index contributed by atoms with van der Waals surface area (Å²) >= 11 is 0. The summed E-state index contributed by atoms with van der Waals surface area (Å²) in [4.78, 5) is 18.6. The quantitative estimate of drug-likeness (QED) is 0.671. The van der Waals surface area contributed by atoms with E-state index in [1.165, 1.54) is 19.3 Å². The first-order chi connectivity index (χ1) is 15.1. The van der Waals surface area contributed by atoms with E-state index in [2.05, 4.69) is 38.4 Å². The Balaban J connectivity index is 1.62. The molecule has 3 heterocycles. The third kappa shape index (κ3) is 4.02. The number of rotatable bonds is 4. The van der Waals surface area contributed by atoms with Crippen LogP contribution in [0.15, 0.2) is 29.1 Å². The van der Waals surface area contributed by atoms with Crippen molar-refractivity contribution >= 4 is 10.9 Å². The number of H-pyrrole nitrogens is 1. The van der Waals surface area contributed by atoms with Gasteiger partial charge in [0.25, 0.3) is 5.56 Å². The number of aliphatic hydroxyl groups excluding tert-OH is 1.